The van der Waals surface area contributed by atoms with Crippen LogP contribution in [0.1, 0.15) is 58.3 Å². The molecular formula is C15H31N3O2S. The zero-order chi connectivity index (χ0) is 15.3. The third-order valence-corrected chi connectivity index (χ3v) is 7.05. The Labute approximate surface area is 130 Å². The summed E-state index contributed by atoms with van der Waals surface area (Å²) in [5, 5.41) is 3.16. The standard InChI is InChI=1S/C15H31N3O2S/c1-3-14-9-5-4-7-11-17(14)21(19,20)18-12-8-6-10-15(18)13-16-2/h14-16H,3-13H2,1-2H3. The Morgan fingerprint density at radius 2 is 1.52 bits per heavy atom. The van der Waals surface area contributed by atoms with Gasteiger partial charge in [0.05, 0.1) is 0 Å². The second kappa shape index (κ2) is 7.90. The molecule has 0 spiro atoms. The molecule has 21 heavy (non-hydrogen) atoms. The lowest BCUT2D eigenvalue weighted by Gasteiger charge is -2.40. The quantitative estimate of drug-likeness (QED) is 0.843. The summed E-state index contributed by atoms with van der Waals surface area (Å²) in [5.41, 5.74) is 0. The van der Waals surface area contributed by atoms with Crippen molar-refractivity contribution in [2.45, 2.75) is 70.4 Å². The van der Waals surface area contributed by atoms with Crippen LogP contribution >= 0.6 is 0 Å². The minimum Gasteiger partial charge on any atom is -0.318 e. The highest BCUT2D eigenvalue weighted by molar-refractivity contribution is 7.86. The summed E-state index contributed by atoms with van der Waals surface area (Å²) in [7, 11) is -1.41. The first-order chi connectivity index (χ1) is 10.1. The smallest absolute Gasteiger partial charge is 0.282 e. The molecule has 2 fully saturated rings. The van der Waals surface area contributed by atoms with E-state index in [2.05, 4.69) is 12.2 Å². The summed E-state index contributed by atoms with van der Waals surface area (Å²) < 4.78 is 29.9. The fraction of sp³-hybridized carbons (Fsp3) is 1.00. The topological polar surface area (TPSA) is 52.7 Å². The summed E-state index contributed by atoms with van der Waals surface area (Å²) in [6.45, 7) is 4.24. The van der Waals surface area contributed by atoms with Gasteiger partial charge >= 0.3 is 0 Å². The number of hydrogen-bond acceptors (Lipinski definition) is 3. The summed E-state index contributed by atoms with van der Waals surface area (Å²) in [6.07, 6.45) is 8.35. The van der Waals surface area contributed by atoms with Crippen molar-refractivity contribution in [3.05, 3.63) is 0 Å². The summed E-state index contributed by atoms with van der Waals surface area (Å²) >= 11 is 0. The lowest BCUT2D eigenvalue weighted by Crippen LogP contribution is -2.55. The third-order valence-electron chi connectivity index (χ3n) is 4.90. The Morgan fingerprint density at radius 1 is 0.952 bits per heavy atom. The average molecular weight is 317 g/mol. The van der Waals surface area contributed by atoms with Gasteiger partial charge in [-0.25, -0.2) is 0 Å². The molecule has 0 aromatic carbocycles. The zero-order valence-electron chi connectivity index (χ0n) is 13.6. The van der Waals surface area contributed by atoms with Crippen molar-refractivity contribution in [1.82, 2.24) is 13.9 Å². The Kier molecular flexibility index (Phi) is 6.47. The third kappa shape index (κ3) is 3.97. The number of rotatable bonds is 5. The van der Waals surface area contributed by atoms with Crippen LogP contribution in [0, 0.1) is 0 Å². The minimum absolute atomic E-state index is 0.120. The molecule has 0 bridgehead atoms. The molecule has 2 unspecified atom stereocenters. The Hall–Kier alpha value is -0.170. The molecule has 5 nitrogen and oxygen atoms in total. The summed E-state index contributed by atoms with van der Waals surface area (Å²) in [6, 6.07) is 0.309. The maximum Gasteiger partial charge on any atom is 0.282 e. The molecule has 1 N–H and O–H groups in total. The van der Waals surface area contributed by atoms with Crippen LogP contribution in [0.15, 0.2) is 0 Å². The molecule has 0 saturated carbocycles. The van der Waals surface area contributed by atoms with E-state index in [9.17, 15) is 8.42 Å². The first kappa shape index (κ1) is 17.2. The fourth-order valence-corrected chi connectivity index (χ4v) is 5.89. The average Bonchev–Trinajstić information content (AvgIpc) is 2.73. The second-order valence-electron chi connectivity index (χ2n) is 6.35. The van der Waals surface area contributed by atoms with Crippen molar-refractivity contribution >= 4 is 10.2 Å². The number of piperidine rings is 1. The maximum atomic E-state index is 13.2. The van der Waals surface area contributed by atoms with Crippen LogP contribution in [-0.2, 0) is 10.2 Å². The summed E-state index contributed by atoms with van der Waals surface area (Å²) in [5.74, 6) is 0. The molecule has 2 aliphatic heterocycles. The van der Waals surface area contributed by atoms with Gasteiger partial charge in [0.15, 0.2) is 0 Å². The van der Waals surface area contributed by atoms with Crippen LogP contribution in [-0.4, -0.2) is 55.8 Å². The fourth-order valence-electron chi connectivity index (χ4n) is 3.71. The van der Waals surface area contributed by atoms with Crippen molar-refractivity contribution in [2.75, 3.05) is 26.7 Å². The largest absolute Gasteiger partial charge is 0.318 e. The number of nitrogens with zero attached hydrogens (tertiary/aromatic N) is 2. The Morgan fingerprint density at radius 3 is 2.19 bits per heavy atom. The second-order valence-corrected chi connectivity index (χ2v) is 8.18. The molecule has 0 aliphatic carbocycles. The van der Waals surface area contributed by atoms with E-state index >= 15 is 0 Å². The molecule has 2 atom stereocenters. The molecule has 124 valence electrons. The molecule has 2 rings (SSSR count). The van der Waals surface area contributed by atoms with E-state index in [-0.39, 0.29) is 12.1 Å². The van der Waals surface area contributed by atoms with Gasteiger partial charge in [0, 0.05) is 31.7 Å². The molecule has 0 radical (unpaired) electrons. The predicted molar refractivity (Wildman–Crippen MR) is 86.4 cm³/mol. The molecule has 2 saturated heterocycles. The lowest BCUT2D eigenvalue weighted by molar-refractivity contribution is 0.213. The van der Waals surface area contributed by atoms with Crippen LogP contribution in [0.25, 0.3) is 0 Å². The van der Waals surface area contributed by atoms with Gasteiger partial charge in [-0.3, -0.25) is 0 Å². The van der Waals surface area contributed by atoms with E-state index in [0.29, 0.717) is 13.1 Å². The van der Waals surface area contributed by atoms with Crippen LogP contribution in [0.4, 0.5) is 0 Å². The van der Waals surface area contributed by atoms with Crippen LogP contribution < -0.4 is 5.32 Å². The highest BCUT2D eigenvalue weighted by Crippen LogP contribution is 2.28. The Bertz CT molecular complexity index is 411. The van der Waals surface area contributed by atoms with Crippen LogP contribution in [0.3, 0.4) is 0 Å². The van der Waals surface area contributed by atoms with Crippen LogP contribution in [0.5, 0.6) is 0 Å². The first-order valence-corrected chi connectivity index (χ1v) is 9.94. The van der Waals surface area contributed by atoms with E-state index in [0.717, 1.165) is 57.9 Å². The van der Waals surface area contributed by atoms with Gasteiger partial charge in [-0.2, -0.15) is 17.0 Å². The van der Waals surface area contributed by atoms with Gasteiger partial charge < -0.3 is 5.32 Å². The molecule has 2 heterocycles. The zero-order valence-corrected chi connectivity index (χ0v) is 14.4. The predicted octanol–water partition coefficient (Wildman–Crippen LogP) is 1.96. The Balaban J connectivity index is 2.20. The van der Waals surface area contributed by atoms with Gasteiger partial charge in [-0.15, -0.1) is 0 Å². The van der Waals surface area contributed by atoms with Gasteiger partial charge in [0.1, 0.15) is 0 Å². The summed E-state index contributed by atoms with van der Waals surface area (Å²) in [4.78, 5) is 0. The van der Waals surface area contributed by atoms with Crippen molar-refractivity contribution in [3.8, 4) is 0 Å². The molecule has 2 aliphatic rings. The SMILES string of the molecule is CCC1CCCCCN1S(=O)(=O)N1CCCCC1CNC. The van der Waals surface area contributed by atoms with Gasteiger partial charge in [0.25, 0.3) is 10.2 Å². The maximum absolute atomic E-state index is 13.2. The van der Waals surface area contributed by atoms with E-state index < -0.39 is 10.2 Å². The van der Waals surface area contributed by atoms with E-state index in [1.165, 1.54) is 0 Å². The van der Waals surface area contributed by atoms with E-state index in [1.807, 2.05) is 11.4 Å². The molecular weight excluding hydrogens is 286 g/mol. The van der Waals surface area contributed by atoms with Crippen molar-refractivity contribution < 1.29 is 8.42 Å². The number of hydrogen-bond donors (Lipinski definition) is 1. The molecule has 6 heteroatoms. The molecule has 0 aromatic heterocycles. The van der Waals surface area contributed by atoms with Gasteiger partial charge in [-0.05, 0) is 39.2 Å². The lowest BCUT2D eigenvalue weighted by atomic mass is 10.1. The van der Waals surface area contributed by atoms with Crippen molar-refractivity contribution in [2.24, 2.45) is 0 Å². The van der Waals surface area contributed by atoms with E-state index in [4.69, 9.17) is 0 Å². The number of likely N-dealkylation sites (N-methyl/N-ethyl adjacent to an activating group) is 1. The van der Waals surface area contributed by atoms with Crippen molar-refractivity contribution in [1.29, 1.82) is 0 Å². The number of nitrogens with one attached hydrogen (secondary N) is 1. The first-order valence-electron chi connectivity index (χ1n) is 8.54. The van der Waals surface area contributed by atoms with E-state index in [1.54, 1.807) is 4.31 Å². The molecule has 0 aromatic rings. The molecule has 0 amide bonds. The van der Waals surface area contributed by atoms with Gasteiger partial charge in [0.2, 0.25) is 0 Å². The highest BCUT2D eigenvalue weighted by atomic mass is 32.2. The van der Waals surface area contributed by atoms with Gasteiger partial charge in [-0.1, -0.05) is 26.2 Å². The highest BCUT2D eigenvalue weighted by Gasteiger charge is 2.39. The monoisotopic (exact) mass is 317 g/mol. The minimum atomic E-state index is -3.31. The normalized spacial score (nSPS) is 30.2. The van der Waals surface area contributed by atoms with Crippen molar-refractivity contribution in [3.63, 3.8) is 0 Å². The van der Waals surface area contributed by atoms with Crippen LogP contribution in [0.2, 0.25) is 0 Å².